The fourth-order valence-electron chi connectivity index (χ4n) is 0.796. The first-order valence-electron chi connectivity index (χ1n) is 4.46. The minimum Gasteiger partial charge on any atom is -0.316 e. The van der Waals surface area contributed by atoms with Crippen molar-refractivity contribution in [3.63, 3.8) is 0 Å². The maximum atomic E-state index is 11.2. The summed E-state index contributed by atoms with van der Waals surface area (Å²) in [5, 5.41) is 2.92. The largest absolute Gasteiger partial charge is 0.316 e. The Labute approximate surface area is 88.2 Å². The zero-order valence-corrected chi connectivity index (χ0v) is 10.2. The predicted molar refractivity (Wildman–Crippen MR) is 59.3 cm³/mol. The molecule has 0 rings (SSSR count). The Morgan fingerprint density at radius 2 is 1.93 bits per heavy atom. The summed E-state index contributed by atoms with van der Waals surface area (Å²) in [6, 6.07) is 0. The molecule has 0 aromatic rings. The third-order valence-electron chi connectivity index (χ3n) is 1.51. The van der Waals surface area contributed by atoms with Crippen molar-refractivity contribution in [2.24, 2.45) is 0 Å². The average Bonchev–Trinajstić information content (AvgIpc) is 2.03. The fourth-order valence-corrected chi connectivity index (χ4v) is 2.29. The van der Waals surface area contributed by atoms with Gasteiger partial charge < -0.3 is 5.32 Å². The number of rotatable bonds is 8. The monoisotopic (exact) mass is 242 g/mol. The Hall–Kier alpha value is 0.0200. The van der Waals surface area contributed by atoms with Crippen LogP contribution in [0.2, 0.25) is 0 Å². The van der Waals surface area contributed by atoms with Crippen molar-refractivity contribution in [1.82, 2.24) is 10.0 Å². The molecule has 7 heteroatoms. The van der Waals surface area contributed by atoms with Gasteiger partial charge in [0.15, 0.2) is 0 Å². The summed E-state index contributed by atoms with van der Waals surface area (Å²) in [4.78, 5) is 0. The Morgan fingerprint density at radius 1 is 1.29 bits per heavy atom. The third-order valence-corrected chi connectivity index (χ3v) is 3.67. The zero-order chi connectivity index (χ0) is 11.0. The number of nitrogens with one attached hydrogen (secondary N) is 2. The number of hydrogen-bond donors (Lipinski definition) is 2. The van der Waals surface area contributed by atoms with Crippen LogP contribution in [0.3, 0.4) is 0 Å². The molecule has 2 N–H and O–H groups in total. The van der Waals surface area contributed by atoms with Gasteiger partial charge in [-0.25, -0.2) is 13.1 Å². The maximum Gasteiger partial charge on any atom is 0.212 e. The van der Waals surface area contributed by atoms with E-state index in [0.717, 1.165) is 6.54 Å². The van der Waals surface area contributed by atoms with Gasteiger partial charge in [-0.3, -0.25) is 4.21 Å². The normalized spacial score (nSPS) is 14.1. The minimum absolute atomic E-state index is 0.0667. The smallest absolute Gasteiger partial charge is 0.212 e. The quantitative estimate of drug-likeness (QED) is 0.530. The average molecular weight is 242 g/mol. The highest BCUT2D eigenvalue weighted by Gasteiger charge is 2.08. The summed E-state index contributed by atoms with van der Waals surface area (Å²) < 4.78 is 35.5. The Morgan fingerprint density at radius 3 is 2.43 bits per heavy atom. The second-order valence-electron chi connectivity index (χ2n) is 2.84. The van der Waals surface area contributed by atoms with Gasteiger partial charge >= 0.3 is 0 Å². The lowest BCUT2D eigenvalue weighted by molar-refractivity contribution is 0.580. The van der Waals surface area contributed by atoms with Crippen molar-refractivity contribution >= 4 is 20.8 Å². The highest BCUT2D eigenvalue weighted by molar-refractivity contribution is 7.89. The first kappa shape index (κ1) is 14.0. The van der Waals surface area contributed by atoms with E-state index >= 15 is 0 Å². The molecule has 0 spiro atoms. The van der Waals surface area contributed by atoms with E-state index in [1.54, 1.807) is 6.26 Å². The van der Waals surface area contributed by atoms with Gasteiger partial charge in [0, 0.05) is 35.9 Å². The lowest BCUT2D eigenvalue weighted by Gasteiger charge is -2.05. The molecule has 0 fully saturated rings. The van der Waals surface area contributed by atoms with Crippen LogP contribution in [0.5, 0.6) is 0 Å². The van der Waals surface area contributed by atoms with Crippen LogP contribution in [0.25, 0.3) is 0 Å². The minimum atomic E-state index is -3.20. The van der Waals surface area contributed by atoms with E-state index in [9.17, 15) is 12.6 Å². The van der Waals surface area contributed by atoms with Gasteiger partial charge in [-0.05, 0) is 6.54 Å². The maximum absolute atomic E-state index is 11.2. The van der Waals surface area contributed by atoms with Crippen molar-refractivity contribution in [3.05, 3.63) is 0 Å². The molecule has 0 radical (unpaired) electrons. The van der Waals surface area contributed by atoms with Crippen molar-refractivity contribution < 1.29 is 12.6 Å². The van der Waals surface area contributed by atoms with Gasteiger partial charge in [0.25, 0.3) is 0 Å². The first-order valence-corrected chi connectivity index (χ1v) is 7.84. The molecule has 5 nitrogen and oxygen atoms in total. The van der Waals surface area contributed by atoms with Crippen molar-refractivity contribution in [3.8, 4) is 0 Å². The predicted octanol–water partition coefficient (Wildman–Crippen LogP) is -1.11. The van der Waals surface area contributed by atoms with Crippen LogP contribution >= 0.6 is 0 Å². The Balaban J connectivity index is 3.67. The molecule has 86 valence electrons. The summed E-state index contributed by atoms with van der Waals surface area (Å²) in [7, 11) is -4.15. The van der Waals surface area contributed by atoms with Gasteiger partial charge in [0.2, 0.25) is 10.0 Å². The zero-order valence-electron chi connectivity index (χ0n) is 8.58. The van der Waals surface area contributed by atoms with Crippen LogP contribution < -0.4 is 10.0 Å². The lowest BCUT2D eigenvalue weighted by atomic mass is 10.7. The molecule has 0 aliphatic rings. The molecular weight excluding hydrogens is 224 g/mol. The molecule has 0 amide bonds. The molecule has 0 saturated heterocycles. The van der Waals surface area contributed by atoms with Gasteiger partial charge in [-0.2, -0.15) is 0 Å². The molecule has 0 aliphatic heterocycles. The third kappa shape index (κ3) is 8.61. The van der Waals surface area contributed by atoms with Crippen LogP contribution in [0.15, 0.2) is 0 Å². The fraction of sp³-hybridized carbons (Fsp3) is 1.00. The molecule has 0 saturated carbocycles. The lowest BCUT2D eigenvalue weighted by Crippen LogP contribution is -2.33. The second-order valence-corrected chi connectivity index (χ2v) is 6.33. The van der Waals surface area contributed by atoms with Crippen LogP contribution in [0.1, 0.15) is 6.92 Å². The summed E-state index contributed by atoms with van der Waals surface area (Å²) in [6.07, 6.45) is 1.55. The molecule has 0 bridgehead atoms. The van der Waals surface area contributed by atoms with Crippen LogP contribution in [0, 0.1) is 0 Å². The van der Waals surface area contributed by atoms with Gasteiger partial charge in [-0.15, -0.1) is 0 Å². The summed E-state index contributed by atoms with van der Waals surface area (Å²) in [5.41, 5.74) is 0. The molecule has 14 heavy (non-hydrogen) atoms. The van der Waals surface area contributed by atoms with E-state index in [2.05, 4.69) is 10.0 Å². The highest BCUT2D eigenvalue weighted by atomic mass is 32.2. The molecule has 1 unspecified atom stereocenters. The molecule has 0 aromatic carbocycles. The van der Waals surface area contributed by atoms with Gasteiger partial charge in [0.1, 0.15) is 0 Å². The van der Waals surface area contributed by atoms with Gasteiger partial charge in [-0.1, -0.05) is 6.92 Å². The summed E-state index contributed by atoms with van der Waals surface area (Å²) in [5.74, 6) is 0.428. The van der Waals surface area contributed by atoms with E-state index in [-0.39, 0.29) is 12.3 Å². The second kappa shape index (κ2) is 7.33. The first-order chi connectivity index (χ1) is 6.48. The van der Waals surface area contributed by atoms with E-state index in [1.165, 1.54) is 0 Å². The molecular formula is C7H18N2O3S2. The Bertz CT molecular complexity index is 264. The summed E-state index contributed by atoms with van der Waals surface area (Å²) in [6.45, 7) is 3.37. The summed E-state index contributed by atoms with van der Waals surface area (Å²) >= 11 is 0. The molecule has 0 heterocycles. The van der Waals surface area contributed by atoms with Crippen LogP contribution in [-0.4, -0.2) is 50.0 Å². The van der Waals surface area contributed by atoms with E-state index in [0.29, 0.717) is 12.3 Å². The van der Waals surface area contributed by atoms with E-state index in [4.69, 9.17) is 0 Å². The van der Waals surface area contributed by atoms with Crippen molar-refractivity contribution in [2.45, 2.75) is 6.92 Å². The number of sulfonamides is 1. The SMILES string of the molecule is CCNCCS(=O)(=O)NCCS(C)=O. The topological polar surface area (TPSA) is 75.3 Å². The number of hydrogen-bond acceptors (Lipinski definition) is 4. The van der Waals surface area contributed by atoms with Crippen LogP contribution in [0.4, 0.5) is 0 Å². The molecule has 1 atom stereocenters. The van der Waals surface area contributed by atoms with Gasteiger partial charge in [0.05, 0.1) is 5.75 Å². The molecule has 0 aromatic heterocycles. The standard InChI is InChI=1S/C7H18N2O3S2/c1-3-8-5-7-14(11,12)9-4-6-13(2)10/h8-9H,3-7H2,1-2H3. The van der Waals surface area contributed by atoms with Crippen molar-refractivity contribution in [1.29, 1.82) is 0 Å². The van der Waals surface area contributed by atoms with Crippen LogP contribution in [-0.2, 0) is 20.8 Å². The highest BCUT2D eigenvalue weighted by Crippen LogP contribution is 1.83. The van der Waals surface area contributed by atoms with Crippen molar-refractivity contribution in [2.75, 3.05) is 37.4 Å². The van der Waals surface area contributed by atoms with E-state index < -0.39 is 20.8 Å². The van der Waals surface area contributed by atoms with E-state index in [1.807, 2.05) is 6.92 Å². The Kier molecular flexibility index (Phi) is 7.34. The molecule has 0 aliphatic carbocycles.